The van der Waals surface area contributed by atoms with Gasteiger partial charge in [0.25, 0.3) is 0 Å². The molecule has 0 saturated carbocycles. The highest BCUT2D eigenvalue weighted by molar-refractivity contribution is 5.94. The van der Waals surface area contributed by atoms with E-state index in [1.807, 2.05) is 38.2 Å². The van der Waals surface area contributed by atoms with Crippen molar-refractivity contribution < 1.29 is 4.79 Å². The monoisotopic (exact) mass is 231 g/mol. The first-order valence-corrected chi connectivity index (χ1v) is 6.10. The fraction of sp³-hybridized carbons (Fsp3) is 0.400. The lowest BCUT2D eigenvalue weighted by Crippen LogP contribution is -2.18. The molecule has 92 valence electrons. The van der Waals surface area contributed by atoms with Gasteiger partial charge in [-0.15, -0.1) is 0 Å². The quantitative estimate of drug-likeness (QED) is 0.721. The first-order chi connectivity index (χ1) is 8.06. The van der Waals surface area contributed by atoms with Gasteiger partial charge in [0, 0.05) is 24.0 Å². The van der Waals surface area contributed by atoms with E-state index in [9.17, 15) is 4.79 Å². The highest BCUT2D eigenvalue weighted by Crippen LogP contribution is 2.18. The second-order valence-corrected chi connectivity index (χ2v) is 4.42. The van der Waals surface area contributed by atoms with Crippen molar-refractivity contribution >= 4 is 11.5 Å². The van der Waals surface area contributed by atoms with Crippen LogP contribution in [-0.4, -0.2) is 12.3 Å². The third-order valence-electron chi connectivity index (χ3n) is 2.75. The van der Waals surface area contributed by atoms with E-state index in [0.717, 1.165) is 17.8 Å². The molecule has 1 aromatic rings. The summed E-state index contributed by atoms with van der Waals surface area (Å²) in [5.74, 6) is 0.402. The van der Waals surface area contributed by atoms with Crippen molar-refractivity contribution in [3.05, 3.63) is 42.1 Å². The maximum atomic E-state index is 11.6. The number of allylic oxidation sites excluding steroid dienone is 1. The van der Waals surface area contributed by atoms with E-state index in [1.165, 1.54) is 0 Å². The largest absolute Gasteiger partial charge is 0.348 e. The molecule has 1 rings (SSSR count). The topological polar surface area (TPSA) is 20.3 Å². The summed E-state index contributed by atoms with van der Waals surface area (Å²) >= 11 is 0. The second-order valence-electron chi connectivity index (χ2n) is 4.42. The normalized spacial score (nSPS) is 11.7. The predicted octanol–water partition coefficient (Wildman–Crippen LogP) is 3.64. The molecule has 0 saturated heterocycles. The molecule has 0 bridgehead atoms. The van der Waals surface area contributed by atoms with Crippen LogP contribution in [0.4, 0.5) is 5.69 Å². The molecule has 0 amide bonds. The van der Waals surface area contributed by atoms with Crippen molar-refractivity contribution in [3.8, 4) is 0 Å². The standard InChI is InChI=1S/C15H21NO/c1-5-16(14-9-7-6-8-10-14)11-15(12(2)3)13(4)17/h6-12H,5H2,1-4H3/b15-11-. The lowest BCUT2D eigenvalue weighted by atomic mass is 10.0. The Morgan fingerprint density at radius 3 is 2.29 bits per heavy atom. The molecule has 0 spiro atoms. The van der Waals surface area contributed by atoms with E-state index in [0.29, 0.717) is 0 Å². The molecule has 2 nitrogen and oxygen atoms in total. The molecular formula is C15H21NO. The number of nitrogens with zero attached hydrogens (tertiary/aromatic N) is 1. The van der Waals surface area contributed by atoms with Crippen LogP contribution in [0.5, 0.6) is 0 Å². The van der Waals surface area contributed by atoms with Gasteiger partial charge in [-0.25, -0.2) is 0 Å². The molecule has 17 heavy (non-hydrogen) atoms. The average Bonchev–Trinajstić information content (AvgIpc) is 2.30. The van der Waals surface area contributed by atoms with Crippen LogP contribution >= 0.6 is 0 Å². The van der Waals surface area contributed by atoms with Gasteiger partial charge in [0.2, 0.25) is 0 Å². The number of rotatable bonds is 5. The second kappa shape index (κ2) is 6.24. The number of para-hydroxylation sites is 1. The molecule has 1 aromatic carbocycles. The fourth-order valence-corrected chi connectivity index (χ4v) is 1.78. The van der Waals surface area contributed by atoms with Crippen molar-refractivity contribution in [2.75, 3.05) is 11.4 Å². The number of hydrogen-bond donors (Lipinski definition) is 0. The Kier molecular flexibility index (Phi) is 4.95. The molecule has 2 heteroatoms. The van der Waals surface area contributed by atoms with Gasteiger partial charge in [-0.2, -0.15) is 0 Å². The smallest absolute Gasteiger partial charge is 0.157 e. The van der Waals surface area contributed by atoms with Gasteiger partial charge in [-0.3, -0.25) is 4.79 Å². The summed E-state index contributed by atoms with van der Waals surface area (Å²) in [6.45, 7) is 8.66. The van der Waals surface area contributed by atoms with Crippen LogP contribution in [0.2, 0.25) is 0 Å². The summed E-state index contributed by atoms with van der Waals surface area (Å²) in [4.78, 5) is 13.7. The molecule has 0 unspecified atom stereocenters. The van der Waals surface area contributed by atoms with E-state index in [2.05, 4.69) is 24.0 Å². The minimum atomic E-state index is 0.148. The van der Waals surface area contributed by atoms with E-state index in [4.69, 9.17) is 0 Å². The average molecular weight is 231 g/mol. The highest BCUT2D eigenvalue weighted by Gasteiger charge is 2.11. The lowest BCUT2D eigenvalue weighted by molar-refractivity contribution is -0.114. The van der Waals surface area contributed by atoms with Gasteiger partial charge in [0.15, 0.2) is 5.78 Å². The summed E-state index contributed by atoms with van der Waals surface area (Å²) < 4.78 is 0. The first kappa shape index (κ1) is 13.5. The zero-order chi connectivity index (χ0) is 12.8. The van der Waals surface area contributed by atoms with E-state index < -0.39 is 0 Å². The number of carbonyl (C=O) groups excluding carboxylic acids is 1. The summed E-state index contributed by atoms with van der Waals surface area (Å²) in [5, 5.41) is 0. The van der Waals surface area contributed by atoms with Crippen LogP contribution in [0.3, 0.4) is 0 Å². The zero-order valence-electron chi connectivity index (χ0n) is 11.1. The number of anilines is 1. The number of carbonyl (C=O) groups is 1. The van der Waals surface area contributed by atoms with E-state index in [1.54, 1.807) is 6.92 Å². The number of hydrogen-bond acceptors (Lipinski definition) is 2. The SMILES string of the molecule is CCN(/C=C(\C(C)=O)C(C)C)c1ccccc1. The van der Waals surface area contributed by atoms with Gasteiger partial charge in [-0.05, 0) is 31.9 Å². The van der Waals surface area contributed by atoms with Crippen LogP contribution in [0.1, 0.15) is 27.7 Å². The molecule has 0 heterocycles. The molecule has 0 radical (unpaired) electrons. The van der Waals surface area contributed by atoms with Crippen LogP contribution in [0.15, 0.2) is 42.1 Å². The molecule has 0 fully saturated rings. The Morgan fingerprint density at radius 2 is 1.88 bits per heavy atom. The molecule has 0 aliphatic heterocycles. The Morgan fingerprint density at radius 1 is 1.29 bits per heavy atom. The van der Waals surface area contributed by atoms with Crippen molar-refractivity contribution in [1.82, 2.24) is 0 Å². The van der Waals surface area contributed by atoms with Crippen molar-refractivity contribution in [3.63, 3.8) is 0 Å². The first-order valence-electron chi connectivity index (χ1n) is 6.10. The van der Waals surface area contributed by atoms with Crippen molar-refractivity contribution in [1.29, 1.82) is 0 Å². The van der Waals surface area contributed by atoms with E-state index >= 15 is 0 Å². The highest BCUT2D eigenvalue weighted by atomic mass is 16.1. The van der Waals surface area contributed by atoms with Gasteiger partial charge in [-0.1, -0.05) is 32.0 Å². The minimum Gasteiger partial charge on any atom is -0.348 e. The number of Topliss-reactive ketones (excluding diaryl/α,β-unsaturated/α-hetero) is 1. The summed E-state index contributed by atoms with van der Waals surface area (Å²) in [7, 11) is 0. The Labute approximate surface area is 104 Å². The molecule has 0 atom stereocenters. The number of ketones is 1. The maximum absolute atomic E-state index is 11.6. The maximum Gasteiger partial charge on any atom is 0.157 e. The molecular weight excluding hydrogens is 210 g/mol. The molecule has 0 N–H and O–H groups in total. The van der Waals surface area contributed by atoms with Gasteiger partial charge in [0.05, 0.1) is 0 Å². The lowest BCUT2D eigenvalue weighted by Gasteiger charge is -2.21. The minimum absolute atomic E-state index is 0.148. The molecule has 0 aromatic heterocycles. The zero-order valence-corrected chi connectivity index (χ0v) is 11.1. The van der Waals surface area contributed by atoms with Gasteiger partial charge in [0.1, 0.15) is 0 Å². The Hall–Kier alpha value is -1.57. The Balaban J connectivity index is 3.03. The van der Waals surface area contributed by atoms with E-state index in [-0.39, 0.29) is 11.7 Å². The third kappa shape index (κ3) is 3.74. The van der Waals surface area contributed by atoms with Crippen molar-refractivity contribution in [2.45, 2.75) is 27.7 Å². The van der Waals surface area contributed by atoms with Crippen LogP contribution < -0.4 is 4.90 Å². The molecule has 0 aliphatic carbocycles. The third-order valence-corrected chi connectivity index (χ3v) is 2.75. The van der Waals surface area contributed by atoms with Crippen LogP contribution in [-0.2, 0) is 4.79 Å². The van der Waals surface area contributed by atoms with Crippen LogP contribution in [0, 0.1) is 5.92 Å². The van der Waals surface area contributed by atoms with Crippen molar-refractivity contribution in [2.24, 2.45) is 5.92 Å². The van der Waals surface area contributed by atoms with Gasteiger partial charge < -0.3 is 4.90 Å². The fourth-order valence-electron chi connectivity index (χ4n) is 1.78. The Bertz CT molecular complexity index is 393. The van der Waals surface area contributed by atoms with Gasteiger partial charge >= 0.3 is 0 Å². The van der Waals surface area contributed by atoms with Crippen LogP contribution in [0.25, 0.3) is 0 Å². The predicted molar refractivity (Wildman–Crippen MR) is 73.1 cm³/mol. The number of benzene rings is 1. The summed E-state index contributed by atoms with van der Waals surface area (Å²) in [6.07, 6.45) is 1.97. The summed E-state index contributed by atoms with van der Waals surface area (Å²) in [5.41, 5.74) is 1.99. The molecule has 0 aliphatic rings. The summed E-state index contributed by atoms with van der Waals surface area (Å²) in [6, 6.07) is 10.1.